The number of hydrogen-bond donors (Lipinski definition) is 5. The normalized spacial score (nSPS) is 28.8. The number of ether oxygens (including phenoxy) is 1. The van der Waals surface area contributed by atoms with E-state index in [1.54, 1.807) is 26.8 Å². The van der Waals surface area contributed by atoms with Crippen LogP contribution in [-0.4, -0.2) is 114 Å². The van der Waals surface area contributed by atoms with Crippen LogP contribution >= 0.6 is 0 Å². The van der Waals surface area contributed by atoms with Crippen molar-refractivity contribution in [1.29, 1.82) is 0 Å². The van der Waals surface area contributed by atoms with Crippen molar-refractivity contribution in [3.8, 4) is 0 Å². The van der Waals surface area contributed by atoms with Gasteiger partial charge in [-0.25, -0.2) is 9.18 Å². The minimum absolute atomic E-state index is 0.00807. The summed E-state index contributed by atoms with van der Waals surface area (Å²) in [5.74, 6) is -5.63. The van der Waals surface area contributed by atoms with Gasteiger partial charge in [0.05, 0.1) is 6.54 Å². The minimum Gasteiger partial charge on any atom is -0.449 e. The summed E-state index contributed by atoms with van der Waals surface area (Å²) in [6.07, 6.45) is 1.95. The number of rotatable bonds is 8. The van der Waals surface area contributed by atoms with Gasteiger partial charge in [0, 0.05) is 38.2 Å². The molecule has 1 aliphatic rings. The largest absolute Gasteiger partial charge is 0.449 e. The third kappa shape index (κ3) is 15.0. The Morgan fingerprint density at radius 2 is 1.38 bits per heavy atom. The SMILES string of the molecule is CCC(C)[C@@H]1NC(=O)CN(C)C(=O)[C@@H](Cc2ccc(F)cc2)N(C)C(=O)[C@H](C)NC(=O)[C@@H](CC(C)C)OC(=O)/C(C)=C/C[C@H](N)[C@H](C)[C@@H]([C@@H](C)CC)NC(=O)[C@@H](C)NC1=O. The first kappa shape index (κ1) is 51.3. The van der Waals surface area contributed by atoms with E-state index in [9.17, 15) is 38.0 Å². The number of hydrogen-bond acceptors (Lipinski definition) is 9. The summed E-state index contributed by atoms with van der Waals surface area (Å²) in [6, 6.07) is 0.0620. The van der Waals surface area contributed by atoms with Crippen LogP contribution in [0, 0.1) is 29.5 Å². The molecular formula is C44H70FN7O8. The number of nitrogens with one attached hydrogen (secondary N) is 4. The Morgan fingerprint density at radius 3 is 1.95 bits per heavy atom. The third-order valence-electron chi connectivity index (χ3n) is 11.5. The van der Waals surface area contributed by atoms with E-state index in [2.05, 4.69) is 21.3 Å². The van der Waals surface area contributed by atoms with Crippen molar-refractivity contribution in [2.24, 2.45) is 29.4 Å². The summed E-state index contributed by atoms with van der Waals surface area (Å²) in [5.41, 5.74) is 7.40. The zero-order valence-electron chi connectivity index (χ0n) is 37.6. The van der Waals surface area contributed by atoms with E-state index in [-0.39, 0.29) is 48.5 Å². The van der Waals surface area contributed by atoms with E-state index in [0.717, 1.165) is 16.2 Å². The summed E-state index contributed by atoms with van der Waals surface area (Å²) in [4.78, 5) is 98.2. The highest BCUT2D eigenvalue weighted by molar-refractivity contribution is 5.96. The molecule has 0 fully saturated rings. The number of carbonyl (C=O) groups is 7. The molecule has 0 aliphatic carbocycles. The number of esters is 1. The Morgan fingerprint density at radius 1 is 0.800 bits per heavy atom. The van der Waals surface area contributed by atoms with Crippen molar-refractivity contribution in [2.45, 2.75) is 144 Å². The first-order valence-corrected chi connectivity index (χ1v) is 21.1. The van der Waals surface area contributed by atoms with Crippen LogP contribution in [0.15, 0.2) is 35.9 Å². The summed E-state index contributed by atoms with van der Waals surface area (Å²) < 4.78 is 19.5. The lowest BCUT2D eigenvalue weighted by atomic mass is 9.83. The zero-order valence-corrected chi connectivity index (χ0v) is 37.6. The lowest BCUT2D eigenvalue weighted by Crippen LogP contribution is -2.59. The topological polar surface area (TPSA) is 209 Å². The van der Waals surface area contributed by atoms with E-state index in [1.807, 2.05) is 41.5 Å². The predicted molar refractivity (Wildman–Crippen MR) is 227 cm³/mol. The number of benzene rings is 1. The smallest absolute Gasteiger partial charge is 0.334 e. The second-order valence-electron chi connectivity index (χ2n) is 17.0. The molecule has 2 rings (SSSR count). The molecule has 0 radical (unpaired) electrons. The standard InChI is InChI=1S/C44H70FN7O8/c1-13-25(5)37-28(8)33(46)20-15-27(7)44(59)60-35(21-24(3)4)40(55)48-30(10)42(57)52(12)34(22-31-16-18-32(45)19-17-31)43(58)51(11)23-36(53)49-38(26(6)14-2)41(56)47-29(9)39(54)50-37/h15-19,24-26,28-30,33-35,37-38H,13-14,20-23,46H2,1-12H3,(H,47,56)(H,48,55)(H,49,53)(H,50,54)/b27-15+/t25-,26?,28-,29+,30-,33-,34+,35+,37+,38-/m0/s1. The molecule has 336 valence electrons. The average Bonchev–Trinajstić information content (AvgIpc) is 3.20. The fourth-order valence-corrected chi connectivity index (χ4v) is 6.97. The first-order valence-electron chi connectivity index (χ1n) is 21.1. The summed E-state index contributed by atoms with van der Waals surface area (Å²) in [6.45, 7) is 17.3. The maximum absolute atomic E-state index is 14.1. The molecule has 6 amide bonds. The molecule has 60 heavy (non-hydrogen) atoms. The van der Waals surface area contributed by atoms with Gasteiger partial charge in [0.1, 0.15) is 30.0 Å². The molecule has 0 saturated carbocycles. The number of halogens is 1. The van der Waals surface area contributed by atoms with Crippen LogP contribution in [0.4, 0.5) is 4.39 Å². The first-order chi connectivity index (χ1) is 28.0. The molecule has 1 unspecified atom stereocenters. The second kappa shape index (κ2) is 23.8. The van der Waals surface area contributed by atoms with Crippen LogP contribution in [0.3, 0.4) is 0 Å². The number of nitrogens with two attached hydrogens (primary N) is 1. The number of cyclic esters (lactones) is 1. The number of amides is 6. The van der Waals surface area contributed by atoms with Crippen molar-refractivity contribution in [3.05, 3.63) is 47.3 Å². The van der Waals surface area contributed by atoms with Gasteiger partial charge >= 0.3 is 5.97 Å². The van der Waals surface area contributed by atoms with Crippen LogP contribution in [-0.2, 0) is 44.7 Å². The van der Waals surface area contributed by atoms with E-state index < -0.39 is 96.1 Å². The Hall–Kier alpha value is -4.86. The van der Waals surface area contributed by atoms with Gasteiger partial charge in [0.15, 0.2) is 6.10 Å². The highest BCUT2D eigenvalue weighted by atomic mass is 19.1. The Kier molecular flexibility index (Phi) is 20.3. The molecule has 1 aliphatic heterocycles. The Balaban J connectivity index is 2.62. The van der Waals surface area contributed by atoms with E-state index in [4.69, 9.17) is 10.5 Å². The molecule has 1 heterocycles. The van der Waals surface area contributed by atoms with Crippen LogP contribution in [0.1, 0.15) is 100 Å². The van der Waals surface area contributed by atoms with Gasteiger partial charge in [-0.15, -0.1) is 0 Å². The van der Waals surface area contributed by atoms with Gasteiger partial charge in [-0.2, -0.15) is 0 Å². The number of carbonyl (C=O) groups excluding carboxylic acids is 7. The summed E-state index contributed by atoms with van der Waals surface area (Å²) in [5, 5.41) is 11.2. The molecule has 6 N–H and O–H groups in total. The van der Waals surface area contributed by atoms with Crippen molar-refractivity contribution in [2.75, 3.05) is 20.6 Å². The van der Waals surface area contributed by atoms with E-state index in [1.165, 1.54) is 45.3 Å². The molecule has 1 aromatic rings. The lowest BCUT2D eigenvalue weighted by molar-refractivity contribution is -0.154. The van der Waals surface area contributed by atoms with E-state index >= 15 is 0 Å². The van der Waals surface area contributed by atoms with Crippen LogP contribution in [0.2, 0.25) is 0 Å². The van der Waals surface area contributed by atoms with Gasteiger partial charge in [-0.3, -0.25) is 28.8 Å². The third-order valence-corrected chi connectivity index (χ3v) is 11.5. The summed E-state index contributed by atoms with van der Waals surface area (Å²) in [7, 11) is 2.77. The summed E-state index contributed by atoms with van der Waals surface area (Å²) >= 11 is 0. The monoisotopic (exact) mass is 844 g/mol. The molecule has 0 aromatic heterocycles. The minimum atomic E-state index is -1.25. The number of likely N-dealkylation sites (N-methyl/N-ethyl adjacent to an activating group) is 2. The Bertz CT molecular complexity index is 1690. The molecule has 15 nitrogen and oxygen atoms in total. The van der Waals surface area contributed by atoms with Crippen LogP contribution in [0.25, 0.3) is 0 Å². The highest BCUT2D eigenvalue weighted by Crippen LogP contribution is 2.22. The zero-order chi connectivity index (χ0) is 45.6. The maximum atomic E-state index is 14.1. The van der Waals surface area contributed by atoms with Gasteiger partial charge in [0.25, 0.3) is 5.91 Å². The maximum Gasteiger partial charge on any atom is 0.334 e. The molecule has 10 atom stereocenters. The van der Waals surface area contributed by atoms with Gasteiger partial charge in [-0.1, -0.05) is 79.5 Å². The molecule has 0 spiro atoms. The average molecular weight is 844 g/mol. The quantitative estimate of drug-likeness (QED) is 0.244. The molecule has 1 aromatic carbocycles. The van der Waals surface area contributed by atoms with Crippen molar-refractivity contribution < 1.29 is 42.7 Å². The predicted octanol–water partition coefficient (Wildman–Crippen LogP) is 3.00. The van der Waals surface area contributed by atoms with Crippen molar-refractivity contribution >= 4 is 41.4 Å². The fraction of sp³-hybridized carbons (Fsp3) is 0.659. The highest BCUT2D eigenvalue weighted by Gasteiger charge is 2.36. The van der Waals surface area contributed by atoms with E-state index in [0.29, 0.717) is 12.0 Å². The number of nitrogens with zero attached hydrogens (tertiary/aromatic N) is 2. The molecular weight excluding hydrogens is 774 g/mol. The second-order valence-corrected chi connectivity index (χ2v) is 17.0. The molecule has 16 heteroatoms. The van der Waals surface area contributed by atoms with Crippen molar-refractivity contribution in [3.63, 3.8) is 0 Å². The Labute approximate surface area is 355 Å². The fourth-order valence-electron chi connectivity index (χ4n) is 6.97. The molecule has 0 bridgehead atoms. The van der Waals surface area contributed by atoms with Gasteiger partial charge in [0.2, 0.25) is 29.5 Å². The molecule has 0 saturated heterocycles. The van der Waals surface area contributed by atoms with Crippen molar-refractivity contribution in [1.82, 2.24) is 31.1 Å². The van der Waals surface area contributed by atoms with Crippen LogP contribution < -0.4 is 27.0 Å². The lowest BCUT2D eigenvalue weighted by Gasteiger charge is -2.34. The van der Waals surface area contributed by atoms with Crippen LogP contribution in [0.5, 0.6) is 0 Å². The van der Waals surface area contributed by atoms with Gasteiger partial charge < -0.3 is 41.5 Å². The van der Waals surface area contributed by atoms with Gasteiger partial charge in [-0.05, 0) is 75.0 Å².